The summed E-state index contributed by atoms with van der Waals surface area (Å²) in [6, 6.07) is -7.29. The molecule has 21 heteroatoms. The van der Waals surface area contributed by atoms with E-state index in [4.69, 9.17) is 31.3 Å². The highest BCUT2D eigenvalue weighted by Gasteiger charge is 2.35. The van der Waals surface area contributed by atoms with Crippen molar-refractivity contribution >= 4 is 47.4 Å². The molecule has 65 heavy (non-hydrogen) atoms. The first kappa shape index (κ1) is 64.8. The van der Waals surface area contributed by atoms with E-state index in [0.717, 1.165) is 33.1 Å². The summed E-state index contributed by atoms with van der Waals surface area (Å²) in [5.74, 6) is -7.21. The topological polar surface area (TPSA) is 370 Å². The molecule has 0 aliphatic carbocycles. The van der Waals surface area contributed by atoms with Gasteiger partial charge >= 0.3 is 5.97 Å². The molecular formula is C44H85N7O14. The molecule has 7 atom stereocenters. The molecule has 5 amide bonds. The fourth-order valence-corrected chi connectivity index (χ4v) is 6.30. The van der Waals surface area contributed by atoms with Crippen molar-refractivity contribution < 1.29 is 69.0 Å². The van der Waals surface area contributed by atoms with Crippen molar-refractivity contribution in [3.63, 3.8) is 0 Å². The number of carbonyl (C=O) groups is 8. The molecule has 380 valence electrons. The third kappa shape index (κ3) is 38.5. The molecule has 15 N–H and O–H groups in total. The van der Waals surface area contributed by atoms with E-state index in [1.54, 1.807) is 0 Å². The first-order valence-corrected chi connectivity index (χ1v) is 23.2. The largest absolute Gasteiger partial charge is 0.481 e. The van der Waals surface area contributed by atoms with Crippen molar-refractivity contribution in [3.8, 4) is 0 Å². The van der Waals surface area contributed by atoms with Gasteiger partial charge in [0.05, 0.1) is 18.8 Å². The lowest BCUT2D eigenvalue weighted by molar-refractivity contribution is -0.143. The van der Waals surface area contributed by atoms with E-state index in [1.165, 1.54) is 84.5 Å². The summed E-state index contributed by atoms with van der Waals surface area (Å²) in [6.45, 7) is 6.44. The number of hydrogen-bond acceptors (Lipinski definition) is 13. The molecule has 0 aliphatic heterocycles. The van der Waals surface area contributed by atoms with Gasteiger partial charge in [-0.05, 0) is 65.5 Å². The third-order valence-electron chi connectivity index (χ3n) is 9.86. The van der Waals surface area contributed by atoms with E-state index in [1.807, 2.05) is 0 Å². The maximum absolute atomic E-state index is 13.4. The van der Waals surface area contributed by atoms with Crippen LogP contribution in [0.2, 0.25) is 0 Å². The zero-order chi connectivity index (χ0) is 50.2. The number of aliphatic carboxylic acids is 3. The van der Waals surface area contributed by atoms with Gasteiger partial charge in [-0.3, -0.25) is 33.6 Å². The Labute approximate surface area is 385 Å². The average molecular weight is 936 g/mol. The van der Waals surface area contributed by atoms with Gasteiger partial charge < -0.3 is 68.7 Å². The molecule has 0 aromatic rings. The monoisotopic (exact) mass is 936 g/mol. The van der Waals surface area contributed by atoms with Crippen LogP contribution in [0.5, 0.6) is 0 Å². The van der Waals surface area contributed by atoms with Crippen molar-refractivity contribution in [2.24, 2.45) is 11.5 Å². The van der Waals surface area contributed by atoms with Crippen molar-refractivity contribution in [1.82, 2.24) is 26.6 Å². The molecule has 0 radical (unpaired) electrons. The number of hydrogen-bond donors (Lipinski definition) is 13. The average Bonchev–Trinajstić information content (AvgIpc) is 3.22. The second kappa shape index (κ2) is 42.2. The molecule has 0 saturated carbocycles. The first-order valence-electron chi connectivity index (χ1n) is 23.2. The summed E-state index contributed by atoms with van der Waals surface area (Å²) < 4.78 is 0. The normalized spacial score (nSPS) is 13.9. The van der Waals surface area contributed by atoms with Crippen LogP contribution in [0.1, 0.15) is 169 Å². The number of aliphatic hydroxyl groups is 3. The molecule has 0 rings (SSSR count). The second-order valence-electron chi connectivity index (χ2n) is 16.2. The quantitative estimate of drug-likeness (QED) is 0.0397. The van der Waals surface area contributed by atoms with Gasteiger partial charge in [0, 0.05) is 20.3 Å². The molecule has 0 aliphatic rings. The number of carboxylic acids is 3. The fourth-order valence-electron chi connectivity index (χ4n) is 6.30. The molecule has 0 spiro atoms. The lowest BCUT2D eigenvalue weighted by Gasteiger charge is -2.29. The molecule has 21 nitrogen and oxygen atoms in total. The van der Waals surface area contributed by atoms with Crippen molar-refractivity contribution in [3.05, 3.63) is 0 Å². The third-order valence-corrected chi connectivity index (χ3v) is 9.86. The predicted octanol–water partition coefficient (Wildman–Crippen LogP) is 1.56. The predicted molar refractivity (Wildman–Crippen MR) is 245 cm³/mol. The molecule has 0 bridgehead atoms. The van der Waals surface area contributed by atoms with E-state index in [2.05, 4.69) is 33.5 Å². The molecule has 0 unspecified atom stereocenters. The molecule has 0 aromatic carbocycles. The van der Waals surface area contributed by atoms with Crippen LogP contribution in [0.25, 0.3) is 0 Å². The van der Waals surface area contributed by atoms with Crippen LogP contribution in [-0.4, -0.2) is 140 Å². The van der Waals surface area contributed by atoms with E-state index in [9.17, 15) is 49.2 Å². The Bertz CT molecular complexity index is 1320. The number of nitrogens with two attached hydrogens (primary N) is 2. The Morgan fingerprint density at radius 1 is 0.462 bits per heavy atom. The van der Waals surface area contributed by atoms with E-state index in [0.29, 0.717) is 25.8 Å². The Morgan fingerprint density at radius 3 is 1.18 bits per heavy atom. The summed E-state index contributed by atoms with van der Waals surface area (Å²) in [4.78, 5) is 95.1. The lowest BCUT2D eigenvalue weighted by Crippen LogP contribution is -2.62. The van der Waals surface area contributed by atoms with Crippen molar-refractivity contribution in [2.45, 2.75) is 212 Å². The molecule has 0 saturated heterocycles. The smallest absolute Gasteiger partial charge is 0.328 e. The summed E-state index contributed by atoms with van der Waals surface area (Å²) in [7, 11) is 0. The van der Waals surface area contributed by atoms with Crippen LogP contribution in [-0.2, 0) is 38.4 Å². The van der Waals surface area contributed by atoms with Crippen LogP contribution < -0.4 is 38.1 Å². The van der Waals surface area contributed by atoms with Gasteiger partial charge in [-0.15, -0.1) is 0 Å². The minimum Gasteiger partial charge on any atom is -0.481 e. The number of carbonyl (C=O) groups excluding carboxylic acids is 5. The van der Waals surface area contributed by atoms with Crippen LogP contribution in [0.3, 0.4) is 0 Å². The zero-order valence-corrected chi connectivity index (χ0v) is 39.6. The number of carboxylic acid groups (broad SMARTS) is 3. The van der Waals surface area contributed by atoms with Gasteiger partial charge in [0.15, 0.2) is 0 Å². The van der Waals surface area contributed by atoms with E-state index < -0.39 is 90.6 Å². The van der Waals surface area contributed by atoms with Gasteiger partial charge in [-0.1, -0.05) is 96.8 Å². The van der Waals surface area contributed by atoms with Crippen LogP contribution >= 0.6 is 0 Å². The lowest BCUT2D eigenvalue weighted by atomic mass is 10.0. The Kier molecular flexibility index (Phi) is 42.1. The van der Waals surface area contributed by atoms with E-state index in [-0.39, 0.29) is 38.1 Å². The van der Waals surface area contributed by atoms with Crippen LogP contribution in [0.15, 0.2) is 0 Å². The molecule has 0 heterocycles. The van der Waals surface area contributed by atoms with Gasteiger partial charge in [-0.25, -0.2) is 4.79 Å². The van der Waals surface area contributed by atoms with Crippen LogP contribution in [0, 0.1) is 0 Å². The highest BCUT2D eigenvalue weighted by atomic mass is 16.4. The molecular weight excluding hydrogens is 851 g/mol. The molecule has 0 fully saturated rings. The van der Waals surface area contributed by atoms with Gasteiger partial charge in [0.1, 0.15) is 30.2 Å². The highest BCUT2D eigenvalue weighted by molar-refractivity contribution is 5.96. The summed E-state index contributed by atoms with van der Waals surface area (Å²) in [5, 5.41) is 66.2. The minimum atomic E-state index is -1.67. The minimum absolute atomic E-state index is 0.0324. The molecule has 0 aromatic heterocycles. The maximum Gasteiger partial charge on any atom is 0.328 e. The Balaban J connectivity index is -0.00000440. The summed E-state index contributed by atoms with van der Waals surface area (Å²) >= 11 is 0. The standard InChI is InChI=1S/C40H77N7O10.2C2H4O2/c1-4-5-6-7-8-9-10-11-12-13-14-15-16-17-18-24-33(51)43-30(22-19-20-25-41)37(53)46-35(29(3)50)39(55)47-34(28(2)49)38(54)44-31(23-21-26-42)36(52)45-32(27-48)40(56)57;2*1-2(3)4/h28-32,34-35,48-50H,4-27,41-42H2,1-3H3,(H,43,51)(H,44,54)(H,45,52)(H,46,53)(H,47,55)(H,56,57);2*1H3,(H,3,4)/t28-,29-,30+,31+,32+,34+,35+;;/m1../s1. The number of aliphatic hydroxyl groups excluding tert-OH is 3. The summed E-state index contributed by atoms with van der Waals surface area (Å²) in [5.41, 5.74) is 11.2. The Morgan fingerprint density at radius 2 is 0.800 bits per heavy atom. The summed E-state index contributed by atoms with van der Waals surface area (Å²) in [6.07, 6.45) is 16.7. The van der Waals surface area contributed by atoms with E-state index >= 15 is 0 Å². The van der Waals surface area contributed by atoms with Crippen molar-refractivity contribution in [1.29, 1.82) is 0 Å². The number of amides is 5. The van der Waals surface area contributed by atoms with Gasteiger partial charge in [0.2, 0.25) is 29.5 Å². The highest BCUT2D eigenvalue weighted by Crippen LogP contribution is 2.14. The van der Waals surface area contributed by atoms with Crippen LogP contribution in [0.4, 0.5) is 0 Å². The van der Waals surface area contributed by atoms with Crippen molar-refractivity contribution in [2.75, 3.05) is 19.7 Å². The van der Waals surface area contributed by atoms with Gasteiger partial charge in [0.25, 0.3) is 11.9 Å². The SMILES string of the molecule is CC(=O)O.CC(=O)O.CCCCCCCCCCCCCCCCCC(=O)N[C@@H](CCCCN)C(=O)N[C@H](C(=O)N[C@H](C(=O)N[C@@H](CCCN)C(=O)N[C@@H](CO)C(=O)O)[C@@H](C)O)[C@@H](C)O. The Hall–Kier alpha value is -4.44. The first-order chi connectivity index (χ1) is 30.7. The second-order valence-corrected chi connectivity index (χ2v) is 16.2. The maximum atomic E-state index is 13.4. The fraction of sp³-hybridized carbons (Fsp3) is 0.818. The number of rotatable bonds is 36. The zero-order valence-electron chi connectivity index (χ0n) is 39.6. The number of nitrogens with one attached hydrogen (secondary N) is 5. The number of unbranched alkanes of at least 4 members (excludes halogenated alkanes) is 15. The van der Waals surface area contributed by atoms with Gasteiger partial charge in [-0.2, -0.15) is 0 Å².